The van der Waals surface area contributed by atoms with Crippen molar-refractivity contribution in [2.45, 2.75) is 49.2 Å². The number of anilines is 2. The molecule has 0 fully saturated rings. The van der Waals surface area contributed by atoms with Crippen LogP contribution in [-0.4, -0.2) is 35.5 Å². The van der Waals surface area contributed by atoms with E-state index in [4.69, 9.17) is 9.15 Å². The Labute approximate surface area is 304 Å². The molecule has 2 unspecified atom stereocenters. The maximum absolute atomic E-state index is 13.6. The molecule has 3 aromatic carbocycles. The van der Waals surface area contributed by atoms with Crippen LogP contribution in [0.15, 0.2) is 118 Å². The molecule has 1 aliphatic carbocycles. The molecular weight excluding hydrogens is 683 g/mol. The van der Waals surface area contributed by atoms with Crippen LogP contribution >= 0.6 is 23.1 Å². The first-order chi connectivity index (χ1) is 24.8. The number of ether oxygens (including phenoxy) is 1. The Bertz CT molecular complexity index is 2040. The Morgan fingerprint density at radius 3 is 2.45 bits per heavy atom. The van der Waals surface area contributed by atoms with Crippen LogP contribution < -0.4 is 16.0 Å². The van der Waals surface area contributed by atoms with E-state index in [0.717, 1.165) is 34.6 Å². The van der Waals surface area contributed by atoms with Crippen LogP contribution in [0.5, 0.6) is 0 Å². The lowest BCUT2D eigenvalue weighted by Gasteiger charge is -2.23. The average molecular weight is 720 g/mol. The van der Waals surface area contributed by atoms with Gasteiger partial charge in [0.05, 0.1) is 23.7 Å². The Morgan fingerprint density at radius 1 is 0.961 bits per heavy atom. The Balaban J connectivity index is 1.14. The van der Waals surface area contributed by atoms with Gasteiger partial charge in [-0.05, 0) is 92.6 Å². The molecule has 0 spiro atoms. The molecule has 3 N–H and O–H groups in total. The number of rotatable bonds is 12. The van der Waals surface area contributed by atoms with Gasteiger partial charge in [-0.25, -0.2) is 4.79 Å². The average Bonchev–Trinajstić information content (AvgIpc) is 3.79. The van der Waals surface area contributed by atoms with Gasteiger partial charge < -0.3 is 25.1 Å². The van der Waals surface area contributed by atoms with Gasteiger partial charge in [0.15, 0.2) is 0 Å². The third-order valence-electron chi connectivity index (χ3n) is 8.39. The minimum absolute atomic E-state index is 0.00394. The number of benzene rings is 3. The predicted molar refractivity (Wildman–Crippen MR) is 201 cm³/mol. The zero-order valence-electron chi connectivity index (χ0n) is 28.1. The SMILES string of the molecule is CCOC(=O)c1c(NC(=O)C(C)Sc2cccc(NC(=O)/C(=C/c3ccco3)NC(=O)c3ccccc3)c2)sc2c1CCC(c1ccccc1)C2. The highest BCUT2D eigenvalue weighted by Crippen LogP contribution is 2.43. The van der Waals surface area contributed by atoms with E-state index in [2.05, 4.69) is 28.1 Å². The Kier molecular flexibility index (Phi) is 11.5. The van der Waals surface area contributed by atoms with E-state index in [-0.39, 0.29) is 18.2 Å². The van der Waals surface area contributed by atoms with Crippen molar-refractivity contribution in [1.82, 2.24) is 5.32 Å². The number of nitrogens with one attached hydrogen (secondary N) is 3. The van der Waals surface area contributed by atoms with E-state index >= 15 is 0 Å². The number of amides is 3. The maximum atomic E-state index is 13.6. The van der Waals surface area contributed by atoms with Gasteiger partial charge in [0.25, 0.3) is 11.8 Å². The van der Waals surface area contributed by atoms with Crippen LogP contribution in [0.3, 0.4) is 0 Å². The summed E-state index contributed by atoms with van der Waals surface area (Å²) in [7, 11) is 0. The fourth-order valence-corrected chi connectivity index (χ4v) is 8.12. The molecule has 2 aromatic heterocycles. The molecule has 0 saturated carbocycles. The number of furan rings is 1. The zero-order valence-corrected chi connectivity index (χ0v) is 29.8. The number of hydrogen-bond acceptors (Lipinski definition) is 8. The fourth-order valence-electron chi connectivity index (χ4n) is 5.88. The Hall–Kier alpha value is -5.39. The normalized spacial score (nSPS) is 14.5. The van der Waals surface area contributed by atoms with Gasteiger partial charge in [-0.15, -0.1) is 23.1 Å². The number of carbonyl (C=O) groups excluding carboxylic acids is 4. The van der Waals surface area contributed by atoms with Crippen molar-refractivity contribution in [3.05, 3.63) is 142 Å². The topological polar surface area (TPSA) is 127 Å². The van der Waals surface area contributed by atoms with Crippen LogP contribution in [-0.2, 0) is 27.2 Å². The summed E-state index contributed by atoms with van der Waals surface area (Å²) in [6.07, 6.45) is 5.36. The molecule has 0 saturated heterocycles. The van der Waals surface area contributed by atoms with E-state index in [1.54, 1.807) is 74.5 Å². The molecule has 51 heavy (non-hydrogen) atoms. The second-order valence-corrected chi connectivity index (χ2v) is 14.4. The molecule has 9 nitrogen and oxygen atoms in total. The highest BCUT2D eigenvalue weighted by atomic mass is 32.2. The summed E-state index contributed by atoms with van der Waals surface area (Å²) in [4.78, 5) is 54.9. The molecule has 6 rings (SSSR count). The smallest absolute Gasteiger partial charge is 0.341 e. The van der Waals surface area contributed by atoms with Gasteiger partial charge in [0.1, 0.15) is 16.5 Å². The van der Waals surface area contributed by atoms with Crippen molar-refractivity contribution in [3.8, 4) is 0 Å². The van der Waals surface area contributed by atoms with Gasteiger partial charge in [0, 0.05) is 27.1 Å². The monoisotopic (exact) mass is 719 g/mol. The largest absolute Gasteiger partial charge is 0.465 e. The van der Waals surface area contributed by atoms with Crippen molar-refractivity contribution in [1.29, 1.82) is 0 Å². The van der Waals surface area contributed by atoms with Gasteiger partial charge in [-0.2, -0.15) is 0 Å². The van der Waals surface area contributed by atoms with E-state index in [1.807, 2.05) is 24.3 Å². The number of hydrogen-bond donors (Lipinski definition) is 3. The summed E-state index contributed by atoms with van der Waals surface area (Å²) in [6, 6.07) is 29.4. The number of carbonyl (C=O) groups is 4. The van der Waals surface area contributed by atoms with Gasteiger partial charge in [-0.3, -0.25) is 14.4 Å². The standard InChI is InChI=1S/C40H37N3O6S2/c1-3-48-40(47)35-32-20-19-28(26-12-6-4-7-13-26)22-34(32)51-39(35)43-36(44)25(2)50-31-18-10-16-29(23-31)41-38(46)33(24-30-17-11-21-49-30)42-37(45)27-14-8-5-9-15-27/h4-18,21,23-25,28H,3,19-20,22H2,1-2H3,(H,41,46)(H,42,45)(H,43,44)/b33-24-. The molecule has 3 amide bonds. The van der Waals surface area contributed by atoms with Crippen molar-refractivity contribution < 1.29 is 28.3 Å². The lowest BCUT2D eigenvalue weighted by molar-refractivity contribution is -0.115. The van der Waals surface area contributed by atoms with Crippen LogP contribution in [0.1, 0.15) is 68.7 Å². The lowest BCUT2D eigenvalue weighted by Crippen LogP contribution is -2.30. The summed E-state index contributed by atoms with van der Waals surface area (Å²) < 4.78 is 10.8. The number of fused-ring (bicyclic) bond motifs is 1. The predicted octanol–water partition coefficient (Wildman–Crippen LogP) is 8.32. The van der Waals surface area contributed by atoms with Gasteiger partial charge in [0.2, 0.25) is 5.91 Å². The van der Waals surface area contributed by atoms with E-state index in [0.29, 0.717) is 33.5 Å². The first-order valence-corrected chi connectivity index (χ1v) is 18.4. The van der Waals surface area contributed by atoms with Crippen molar-refractivity contribution in [2.24, 2.45) is 0 Å². The van der Waals surface area contributed by atoms with Crippen molar-refractivity contribution >= 4 is 63.6 Å². The molecule has 0 aliphatic heterocycles. The fraction of sp³-hybridized carbons (Fsp3) is 0.200. The second-order valence-electron chi connectivity index (χ2n) is 11.9. The van der Waals surface area contributed by atoms with Crippen LogP contribution in [0.2, 0.25) is 0 Å². The molecule has 0 radical (unpaired) electrons. The lowest BCUT2D eigenvalue weighted by atomic mass is 9.83. The molecular formula is C40H37N3O6S2. The van der Waals surface area contributed by atoms with Crippen molar-refractivity contribution in [2.75, 3.05) is 17.2 Å². The maximum Gasteiger partial charge on any atom is 0.341 e. The van der Waals surface area contributed by atoms with E-state index < -0.39 is 23.0 Å². The minimum Gasteiger partial charge on any atom is -0.465 e. The first-order valence-electron chi connectivity index (χ1n) is 16.7. The highest BCUT2D eigenvalue weighted by molar-refractivity contribution is 8.00. The molecule has 11 heteroatoms. The van der Waals surface area contributed by atoms with Crippen molar-refractivity contribution in [3.63, 3.8) is 0 Å². The first kappa shape index (κ1) is 35.4. The number of thiophene rings is 1. The summed E-state index contributed by atoms with van der Waals surface area (Å²) >= 11 is 2.77. The number of esters is 1. The minimum atomic E-state index is -0.550. The number of thioether (sulfide) groups is 1. The summed E-state index contributed by atoms with van der Waals surface area (Å²) in [5, 5.41) is 8.53. The highest BCUT2D eigenvalue weighted by Gasteiger charge is 2.31. The van der Waals surface area contributed by atoms with Crippen LogP contribution in [0, 0.1) is 0 Å². The molecule has 5 aromatic rings. The summed E-state index contributed by atoms with van der Waals surface area (Å²) in [6.45, 7) is 3.80. The van der Waals surface area contributed by atoms with E-state index in [9.17, 15) is 19.2 Å². The van der Waals surface area contributed by atoms with Gasteiger partial charge in [-0.1, -0.05) is 54.6 Å². The summed E-state index contributed by atoms with van der Waals surface area (Å²) in [5.74, 6) is -0.938. The molecule has 2 atom stereocenters. The van der Waals surface area contributed by atoms with E-state index in [1.165, 1.54) is 41.0 Å². The van der Waals surface area contributed by atoms with Gasteiger partial charge >= 0.3 is 5.97 Å². The molecule has 0 bridgehead atoms. The molecule has 2 heterocycles. The molecule has 1 aliphatic rings. The van der Waals surface area contributed by atoms with Crippen LogP contribution in [0.25, 0.3) is 6.08 Å². The zero-order chi connectivity index (χ0) is 35.7. The third kappa shape index (κ3) is 8.86. The quantitative estimate of drug-likeness (QED) is 0.0673. The Morgan fingerprint density at radius 2 is 1.73 bits per heavy atom. The molecule has 260 valence electrons. The second kappa shape index (κ2) is 16.5. The summed E-state index contributed by atoms with van der Waals surface area (Å²) in [5.41, 5.74) is 3.55. The van der Waals surface area contributed by atoms with Crippen LogP contribution in [0.4, 0.5) is 10.7 Å². The third-order valence-corrected chi connectivity index (χ3v) is 10.6.